The van der Waals surface area contributed by atoms with Crippen LogP contribution < -0.4 is 5.32 Å². The molecule has 0 aliphatic rings. The third-order valence-corrected chi connectivity index (χ3v) is 7.14. The summed E-state index contributed by atoms with van der Waals surface area (Å²) in [6.45, 7) is 6.12. The fourth-order valence-electron chi connectivity index (χ4n) is 4.61. The van der Waals surface area contributed by atoms with Crippen molar-refractivity contribution >= 4 is 12.1 Å². The number of benzene rings is 1. The molecule has 0 unspecified atom stereocenters. The number of esters is 1. The second-order valence-corrected chi connectivity index (χ2v) is 11.2. The smallest absolute Gasteiger partial charge is 0.407 e. The summed E-state index contributed by atoms with van der Waals surface area (Å²) in [6, 6.07) is 10.9. The summed E-state index contributed by atoms with van der Waals surface area (Å²) in [4.78, 5) is 25.2. The zero-order valence-corrected chi connectivity index (χ0v) is 25.4. The van der Waals surface area contributed by atoms with Crippen LogP contribution in [0.25, 0.3) is 0 Å². The molecule has 1 N–H and O–H groups in total. The number of amides is 1. The van der Waals surface area contributed by atoms with Crippen molar-refractivity contribution < 1.29 is 19.1 Å². The van der Waals surface area contributed by atoms with Gasteiger partial charge in [0.15, 0.2) is 0 Å². The van der Waals surface area contributed by atoms with E-state index in [9.17, 15) is 9.59 Å². The highest BCUT2D eigenvalue weighted by molar-refractivity contribution is 5.71. The fraction of sp³-hybridized carbons (Fsp3) is 0.758. The predicted octanol–water partition coefficient (Wildman–Crippen LogP) is 7.94. The minimum atomic E-state index is -0.464. The highest BCUT2D eigenvalue weighted by Crippen LogP contribution is 2.14. The molecule has 0 saturated carbocycles. The molecule has 0 radical (unpaired) electrons. The number of ether oxygens (including phenoxy) is 2. The lowest BCUT2D eigenvalue weighted by molar-refractivity contribution is -0.148. The van der Waals surface area contributed by atoms with E-state index in [4.69, 9.17) is 9.47 Å². The maximum absolute atomic E-state index is 11.7. The molecule has 1 aromatic rings. The number of unbranched alkanes of at least 4 members (excludes halogenated alkanes) is 14. The van der Waals surface area contributed by atoms with Gasteiger partial charge < -0.3 is 19.7 Å². The van der Waals surface area contributed by atoms with Gasteiger partial charge in [-0.3, -0.25) is 4.79 Å². The van der Waals surface area contributed by atoms with Gasteiger partial charge in [-0.2, -0.15) is 0 Å². The lowest BCUT2D eigenvalue weighted by Crippen LogP contribution is -2.34. The Bertz CT molecular complexity index is 711. The molecule has 39 heavy (non-hydrogen) atoms. The molecular formula is C33H58N2O4. The summed E-state index contributed by atoms with van der Waals surface area (Å²) in [5.41, 5.74) is 1.48. The zero-order valence-electron chi connectivity index (χ0n) is 25.4. The van der Waals surface area contributed by atoms with Crippen LogP contribution in [0, 0.1) is 5.92 Å². The van der Waals surface area contributed by atoms with Crippen LogP contribution in [0.1, 0.15) is 116 Å². The number of alkyl carbamates (subject to hydrolysis) is 1. The number of nitrogens with one attached hydrogen (secondary N) is 1. The standard InChI is InChI=1S/C33H58N2O4/c1-30(2)32(36)38-28-29-39-33(37)34-25-27-35(3)26-21-16-14-12-10-8-6-4-5-7-9-11-13-15-18-22-31-23-19-17-20-24-31/h17,19-20,23-24,30H,4-16,18,21-22,25-29H2,1-3H3,(H,34,37). The second-order valence-electron chi connectivity index (χ2n) is 11.2. The molecular weight excluding hydrogens is 488 g/mol. The number of aryl methyl sites for hydroxylation is 1. The number of carbonyl (C=O) groups is 2. The Labute approximate surface area is 239 Å². The second kappa shape index (κ2) is 24.9. The van der Waals surface area contributed by atoms with Gasteiger partial charge in [-0.25, -0.2) is 4.79 Å². The van der Waals surface area contributed by atoms with E-state index in [1.54, 1.807) is 13.8 Å². The molecule has 0 bridgehead atoms. The lowest BCUT2D eigenvalue weighted by atomic mass is 10.0. The van der Waals surface area contributed by atoms with Crippen LogP contribution in [0.4, 0.5) is 4.79 Å². The maximum atomic E-state index is 11.7. The first-order valence-electron chi connectivity index (χ1n) is 15.8. The summed E-state index contributed by atoms with van der Waals surface area (Å²) in [6.07, 6.45) is 21.3. The molecule has 0 saturated heterocycles. The first-order chi connectivity index (χ1) is 19.0. The van der Waals surface area contributed by atoms with E-state index >= 15 is 0 Å². The molecule has 0 aliphatic carbocycles. The van der Waals surface area contributed by atoms with Gasteiger partial charge >= 0.3 is 12.1 Å². The van der Waals surface area contributed by atoms with Gasteiger partial charge in [0.2, 0.25) is 0 Å². The Kier molecular flexibility index (Phi) is 22.3. The molecule has 224 valence electrons. The Morgan fingerprint density at radius 2 is 1.18 bits per heavy atom. The summed E-state index contributed by atoms with van der Waals surface area (Å²) in [5.74, 6) is -0.450. The van der Waals surface area contributed by atoms with Crippen molar-refractivity contribution in [2.45, 2.75) is 117 Å². The minimum absolute atomic E-state index is 0.0797. The molecule has 6 nitrogen and oxygen atoms in total. The molecule has 0 spiro atoms. The average Bonchev–Trinajstić information content (AvgIpc) is 2.93. The SMILES string of the molecule is CC(C)C(=O)OCCOC(=O)NCCN(C)CCCCCCCCCCCCCCCCCc1ccccc1. The number of carbonyl (C=O) groups excluding carboxylic acids is 2. The van der Waals surface area contributed by atoms with Crippen molar-refractivity contribution in [1.82, 2.24) is 10.2 Å². The number of hydrogen-bond acceptors (Lipinski definition) is 5. The summed E-state index contributed by atoms with van der Waals surface area (Å²) >= 11 is 0. The van der Waals surface area contributed by atoms with E-state index < -0.39 is 6.09 Å². The topological polar surface area (TPSA) is 67.9 Å². The Hall–Kier alpha value is -2.08. The Balaban J connectivity index is 1.75. The van der Waals surface area contributed by atoms with Gasteiger partial charge in [-0.05, 0) is 38.4 Å². The van der Waals surface area contributed by atoms with Crippen LogP contribution in [0.5, 0.6) is 0 Å². The van der Waals surface area contributed by atoms with Crippen LogP contribution in [-0.2, 0) is 20.7 Å². The first kappa shape index (κ1) is 34.9. The van der Waals surface area contributed by atoms with Gasteiger partial charge in [-0.1, -0.05) is 128 Å². The van der Waals surface area contributed by atoms with Crippen LogP contribution in [0.2, 0.25) is 0 Å². The Morgan fingerprint density at radius 3 is 1.72 bits per heavy atom. The molecule has 1 aromatic carbocycles. The van der Waals surface area contributed by atoms with Crippen LogP contribution >= 0.6 is 0 Å². The molecule has 0 fully saturated rings. The fourth-order valence-corrected chi connectivity index (χ4v) is 4.61. The number of likely N-dealkylation sites (N-methyl/N-ethyl adjacent to an activating group) is 1. The molecule has 0 aliphatic heterocycles. The quantitative estimate of drug-likeness (QED) is 0.0996. The average molecular weight is 547 g/mol. The largest absolute Gasteiger partial charge is 0.462 e. The van der Waals surface area contributed by atoms with Gasteiger partial charge in [0.25, 0.3) is 0 Å². The third-order valence-electron chi connectivity index (χ3n) is 7.14. The molecule has 0 aromatic heterocycles. The number of rotatable bonds is 25. The van der Waals surface area contributed by atoms with E-state index in [1.807, 2.05) is 0 Å². The normalized spacial score (nSPS) is 11.2. The molecule has 1 amide bonds. The van der Waals surface area contributed by atoms with E-state index in [-0.39, 0.29) is 25.1 Å². The van der Waals surface area contributed by atoms with Gasteiger partial charge in [-0.15, -0.1) is 0 Å². The van der Waals surface area contributed by atoms with Crippen molar-refractivity contribution in [1.29, 1.82) is 0 Å². The molecule has 0 atom stereocenters. The number of hydrogen-bond donors (Lipinski definition) is 1. The van der Waals surface area contributed by atoms with Crippen LogP contribution in [0.3, 0.4) is 0 Å². The van der Waals surface area contributed by atoms with E-state index in [2.05, 4.69) is 47.6 Å². The summed E-state index contributed by atoms with van der Waals surface area (Å²) in [7, 11) is 2.09. The van der Waals surface area contributed by atoms with Crippen LogP contribution in [-0.4, -0.2) is 56.9 Å². The van der Waals surface area contributed by atoms with Crippen molar-refractivity contribution in [2.24, 2.45) is 5.92 Å². The molecule has 0 heterocycles. The van der Waals surface area contributed by atoms with Crippen molar-refractivity contribution in [2.75, 3.05) is 39.9 Å². The lowest BCUT2D eigenvalue weighted by Gasteiger charge is -2.16. The minimum Gasteiger partial charge on any atom is -0.462 e. The highest BCUT2D eigenvalue weighted by atomic mass is 16.6. The third kappa shape index (κ3) is 22.4. The Morgan fingerprint density at radius 1 is 0.692 bits per heavy atom. The monoisotopic (exact) mass is 546 g/mol. The van der Waals surface area contributed by atoms with Crippen molar-refractivity contribution in [3.05, 3.63) is 35.9 Å². The summed E-state index contributed by atoms with van der Waals surface area (Å²) < 4.78 is 9.99. The molecule has 1 rings (SSSR count). The van der Waals surface area contributed by atoms with Gasteiger partial charge in [0, 0.05) is 13.1 Å². The zero-order chi connectivity index (χ0) is 28.4. The van der Waals surface area contributed by atoms with E-state index in [1.165, 1.54) is 108 Å². The number of nitrogens with zero attached hydrogens (tertiary/aromatic N) is 1. The van der Waals surface area contributed by atoms with E-state index in [0.29, 0.717) is 6.54 Å². The van der Waals surface area contributed by atoms with E-state index in [0.717, 1.165) is 13.1 Å². The van der Waals surface area contributed by atoms with Crippen LogP contribution in [0.15, 0.2) is 30.3 Å². The highest BCUT2D eigenvalue weighted by Gasteiger charge is 2.08. The van der Waals surface area contributed by atoms with Crippen molar-refractivity contribution in [3.8, 4) is 0 Å². The predicted molar refractivity (Wildman–Crippen MR) is 162 cm³/mol. The van der Waals surface area contributed by atoms with Gasteiger partial charge in [0.05, 0.1) is 5.92 Å². The first-order valence-corrected chi connectivity index (χ1v) is 15.8. The summed E-state index contributed by atoms with van der Waals surface area (Å²) in [5, 5.41) is 2.74. The molecule has 6 heteroatoms. The van der Waals surface area contributed by atoms with Gasteiger partial charge in [0.1, 0.15) is 13.2 Å². The maximum Gasteiger partial charge on any atom is 0.407 e. The van der Waals surface area contributed by atoms with Crippen molar-refractivity contribution in [3.63, 3.8) is 0 Å².